The van der Waals surface area contributed by atoms with Crippen LogP contribution in [0.4, 0.5) is 0 Å². The smallest absolute Gasteiger partial charge is 0.231 e. The minimum absolute atomic E-state index is 0.277. The maximum Gasteiger partial charge on any atom is 0.231 e. The fraction of sp³-hybridized carbons (Fsp3) is 0.600. The van der Waals surface area contributed by atoms with E-state index in [1.54, 1.807) is 0 Å². The van der Waals surface area contributed by atoms with E-state index in [0.29, 0.717) is 0 Å². The average molecular weight is 282 g/mol. The highest BCUT2D eigenvalue weighted by molar-refractivity contribution is 6.31. The van der Waals surface area contributed by atoms with Gasteiger partial charge in [-0.3, -0.25) is 0 Å². The summed E-state index contributed by atoms with van der Waals surface area (Å²) in [5.41, 5.74) is 8.58. The van der Waals surface area contributed by atoms with Crippen molar-refractivity contribution in [2.45, 2.75) is 51.0 Å². The first kappa shape index (κ1) is 13.1. The van der Waals surface area contributed by atoms with Gasteiger partial charge in [-0.2, -0.15) is 0 Å². The fourth-order valence-corrected chi connectivity index (χ4v) is 3.79. The van der Waals surface area contributed by atoms with Crippen LogP contribution >= 0.6 is 11.6 Å². The van der Waals surface area contributed by atoms with Gasteiger partial charge in [0, 0.05) is 22.2 Å². The van der Waals surface area contributed by atoms with Gasteiger partial charge in [-0.15, -0.1) is 0 Å². The Bertz CT molecular complexity index is 495. The van der Waals surface area contributed by atoms with E-state index in [9.17, 15) is 0 Å². The molecule has 2 aliphatic rings. The van der Waals surface area contributed by atoms with Crippen LogP contribution in [0.1, 0.15) is 50.2 Å². The van der Waals surface area contributed by atoms with E-state index in [4.69, 9.17) is 26.8 Å². The maximum absolute atomic E-state index is 6.67. The summed E-state index contributed by atoms with van der Waals surface area (Å²) in [5.74, 6) is 1.60. The molecule has 4 heteroatoms. The van der Waals surface area contributed by atoms with Crippen molar-refractivity contribution >= 4 is 11.6 Å². The zero-order valence-corrected chi connectivity index (χ0v) is 12.1. The van der Waals surface area contributed by atoms with Gasteiger partial charge in [0.05, 0.1) is 0 Å². The van der Waals surface area contributed by atoms with Crippen molar-refractivity contribution in [3.8, 4) is 11.5 Å². The van der Waals surface area contributed by atoms with Crippen LogP contribution in [0.25, 0.3) is 0 Å². The monoisotopic (exact) mass is 281 g/mol. The third-order valence-electron chi connectivity index (χ3n) is 4.31. The molecule has 1 saturated carbocycles. The van der Waals surface area contributed by atoms with Gasteiger partial charge in [-0.05, 0) is 24.8 Å². The van der Waals surface area contributed by atoms with E-state index in [1.165, 1.54) is 19.3 Å². The standard InChI is InChI=1S/C15H20ClNO2/c1-2-10-13(15(17)6-4-3-5-7-15)11(16)8-12-14(10)19-9-18-12/h8H,2-7,9,17H2,1H3. The van der Waals surface area contributed by atoms with Crippen LogP contribution in [-0.4, -0.2) is 6.79 Å². The van der Waals surface area contributed by atoms with Crippen molar-refractivity contribution in [1.82, 2.24) is 0 Å². The molecular formula is C15H20ClNO2. The molecule has 0 bridgehead atoms. The number of hydrogen-bond donors (Lipinski definition) is 1. The third-order valence-corrected chi connectivity index (χ3v) is 4.61. The summed E-state index contributed by atoms with van der Waals surface area (Å²) in [7, 11) is 0. The summed E-state index contributed by atoms with van der Waals surface area (Å²) in [6.45, 7) is 2.39. The zero-order chi connectivity index (χ0) is 13.5. The first-order chi connectivity index (χ1) is 9.15. The molecule has 3 rings (SSSR count). The van der Waals surface area contributed by atoms with Crippen LogP contribution < -0.4 is 15.2 Å². The molecule has 0 atom stereocenters. The van der Waals surface area contributed by atoms with Gasteiger partial charge < -0.3 is 15.2 Å². The summed E-state index contributed by atoms with van der Waals surface area (Å²) in [4.78, 5) is 0. The number of fused-ring (bicyclic) bond motifs is 1. The highest BCUT2D eigenvalue weighted by atomic mass is 35.5. The molecule has 1 heterocycles. The Labute approximate surface area is 119 Å². The molecule has 0 aromatic heterocycles. The molecule has 104 valence electrons. The molecule has 0 unspecified atom stereocenters. The number of hydrogen-bond acceptors (Lipinski definition) is 3. The molecular weight excluding hydrogens is 262 g/mol. The van der Waals surface area contributed by atoms with Crippen molar-refractivity contribution in [3.05, 3.63) is 22.2 Å². The zero-order valence-electron chi connectivity index (χ0n) is 11.3. The summed E-state index contributed by atoms with van der Waals surface area (Å²) in [6.07, 6.45) is 6.47. The van der Waals surface area contributed by atoms with Crippen LogP contribution in [0.5, 0.6) is 11.5 Å². The molecule has 1 aromatic rings. The van der Waals surface area contributed by atoms with E-state index >= 15 is 0 Å². The first-order valence-corrected chi connectivity index (χ1v) is 7.44. The maximum atomic E-state index is 6.67. The topological polar surface area (TPSA) is 44.5 Å². The Morgan fingerprint density at radius 1 is 1.26 bits per heavy atom. The van der Waals surface area contributed by atoms with Crippen molar-refractivity contribution < 1.29 is 9.47 Å². The van der Waals surface area contributed by atoms with Gasteiger partial charge in [-0.1, -0.05) is 37.8 Å². The van der Waals surface area contributed by atoms with Gasteiger partial charge in [0.15, 0.2) is 11.5 Å². The summed E-state index contributed by atoms with van der Waals surface area (Å²) in [6, 6.07) is 1.86. The number of rotatable bonds is 2. The summed E-state index contributed by atoms with van der Waals surface area (Å²) >= 11 is 6.50. The lowest BCUT2D eigenvalue weighted by atomic mass is 9.75. The predicted molar refractivity (Wildman–Crippen MR) is 75.9 cm³/mol. The average Bonchev–Trinajstić information content (AvgIpc) is 2.85. The summed E-state index contributed by atoms with van der Waals surface area (Å²) < 4.78 is 11.1. The van der Waals surface area contributed by atoms with E-state index in [1.807, 2.05) is 6.07 Å². The Hall–Kier alpha value is -0.930. The van der Waals surface area contributed by atoms with Crippen molar-refractivity contribution in [2.75, 3.05) is 6.79 Å². The molecule has 1 aliphatic heterocycles. The number of ether oxygens (including phenoxy) is 2. The molecule has 0 spiro atoms. The first-order valence-electron chi connectivity index (χ1n) is 7.06. The minimum Gasteiger partial charge on any atom is -0.454 e. The van der Waals surface area contributed by atoms with Crippen LogP contribution in [0.2, 0.25) is 5.02 Å². The van der Waals surface area contributed by atoms with E-state index < -0.39 is 0 Å². The number of halogens is 1. The van der Waals surface area contributed by atoms with Crippen LogP contribution in [0.15, 0.2) is 6.07 Å². The van der Waals surface area contributed by atoms with Crippen LogP contribution in [0, 0.1) is 0 Å². The van der Waals surface area contributed by atoms with Crippen LogP contribution in [-0.2, 0) is 12.0 Å². The second-order valence-corrected chi connectivity index (χ2v) is 5.92. The molecule has 0 amide bonds. The lowest BCUT2D eigenvalue weighted by molar-refractivity contribution is 0.173. The molecule has 2 N–H and O–H groups in total. The third kappa shape index (κ3) is 2.09. The largest absolute Gasteiger partial charge is 0.454 e. The normalized spacial score (nSPS) is 20.6. The number of nitrogens with two attached hydrogens (primary N) is 1. The predicted octanol–water partition coefficient (Wildman–Crippen LogP) is 3.75. The highest BCUT2D eigenvalue weighted by Crippen LogP contribution is 2.48. The van der Waals surface area contributed by atoms with E-state index in [0.717, 1.165) is 46.9 Å². The molecule has 0 saturated heterocycles. The molecule has 1 fully saturated rings. The SMILES string of the molecule is CCc1c2c(cc(Cl)c1C1(N)CCCCC1)OCO2. The second kappa shape index (κ2) is 4.88. The fourth-order valence-electron chi connectivity index (χ4n) is 3.38. The van der Waals surface area contributed by atoms with Crippen molar-refractivity contribution in [3.63, 3.8) is 0 Å². The number of benzene rings is 1. The van der Waals surface area contributed by atoms with Gasteiger partial charge in [0.25, 0.3) is 0 Å². The quantitative estimate of drug-likeness (QED) is 0.898. The van der Waals surface area contributed by atoms with E-state index in [2.05, 4.69) is 6.92 Å². The Morgan fingerprint density at radius 3 is 2.68 bits per heavy atom. The molecule has 0 radical (unpaired) electrons. The van der Waals surface area contributed by atoms with Gasteiger partial charge in [0.2, 0.25) is 6.79 Å². The molecule has 3 nitrogen and oxygen atoms in total. The van der Waals surface area contributed by atoms with Crippen LogP contribution in [0.3, 0.4) is 0 Å². The lowest BCUT2D eigenvalue weighted by Gasteiger charge is -2.36. The lowest BCUT2D eigenvalue weighted by Crippen LogP contribution is -2.39. The van der Waals surface area contributed by atoms with Gasteiger partial charge in [-0.25, -0.2) is 0 Å². The molecule has 19 heavy (non-hydrogen) atoms. The van der Waals surface area contributed by atoms with Crippen molar-refractivity contribution in [1.29, 1.82) is 0 Å². The Morgan fingerprint density at radius 2 is 2.00 bits per heavy atom. The second-order valence-electron chi connectivity index (χ2n) is 5.52. The van der Waals surface area contributed by atoms with E-state index in [-0.39, 0.29) is 12.3 Å². The molecule has 1 aliphatic carbocycles. The van der Waals surface area contributed by atoms with Gasteiger partial charge in [0.1, 0.15) is 0 Å². The summed E-state index contributed by atoms with van der Waals surface area (Å²) in [5, 5.41) is 0.727. The Balaban J connectivity index is 2.14. The minimum atomic E-state index is -0.304. The van der Waals surface area contributed by atoms with Gasteiger partial charge >= 0.3 is 0 Å². The highest BCUT2D eigenvalue weighted by Gasteiger charge is 2.36. The Kier molecular flexibility index (Phi) is 3.35. The molecule has 1 aromatic carbocycles. The van der Waals surface area contributed by atoms with Crippen molar-refractivity contribution in [2.24, 2.45) is 5.73 Å².